The number of carbonyl (C=O) groups is 1. The molecule has 1 amide bonds. The number of halogens is 3. The van der Waals surface area contributed by atoms with Gasteiger partial charge in [-0.3, -0.25) is 9.69 Å². The predicted molar refractivity (Wildman–Crippen MR) is 95.4 cm³/mol. The number of amides is 1. The van der Waals surface area contributed by atoms with Gasteiger partial charge in [0.15, 0.2) is 0 Å². The van der Waals surface area contributed by atoms with Gasteiger partial charge in [-0.2, -0.15) is 0 Å². The Morgan fingerprint density at radius 3 is 2.42 bits per heavy atom. The monoisotopic (exact) mass is 380 g/mol. The van der Waals surface area contributed by atoms with E-state index in [4.69, 9.17) is 11.6 Å². The summed E-state index contributed by atoms with van der Waals surface area (Å²) in [5.41, 5.74) is 0.523. The fourth-order valence-electron chi connectivity index (χ4n) is 3.25. The maximum absolute atomic E-state index is 13.9. The van der Waals surface area contributed by atoms with Crippen molar-refractivity contribution in [2.75, 3.05) is 26.2 Å². The van der Waals surface area contributed by atoms with E-state index in [1.807, 2.05) is 31.2 Å². The zero-order chi connectivity index (χ0) is 18.8. The number of phenolic OH excluding ortho intramolecular Hbond substituents is 1. The van der Waals surface area contributed by atoms with E-state index in [1.54, 1.807) is 0 Å². The number of phenols is 1. The molecule has 0 spiro atoms. The molecule has 7 heteroatoms. The summed E-state index contributed by atoms with van der Waals surface area (Å²) in [6.45, 7) is 3.97. The summed E-state index contributed by atoms with van der Waals surface area (Å²) in [7, 11) is 0. The van der Waals surface area contributed by atoms with E-state index in [1.165, 1.54) is 4.90 Å². The van der Waals surface area contributed by atoms with Crippen LogP contribution in [0.15, 0.2) is 36.4 Å². The third kappa shape index (κ3) is 3.66. The second kappa shape index (κ2) is 7.60. The van der Waals surface area contributed by atoms with Crippen molar-refractivity contribution in [2.45, 2.75) is 13.0 Å². The summed E-state index contributed by atoms with van der Waals surface area (Å²) >= 11 is 6.25. The van der Waals surface area contributed by atoms with Crippen LogP contribution >= 0.6 is 11.6 Å². The Balaban J connectivity index is 1.69. The summed E-state index contributed by atoms with van der Waals surface area (Å²) in [5, 5.41) is 10.4. The summed E-state index contributed by atoms with van der Waals surface area (Å²) < 4.78 is 27.0. The van der Waals surface area contributed by atoms with Gasteiger partial charge in [0, 0.05) is 49.4 Å². The molecule has 2 aromatic carbocycles. The lowest BCUT2D eigenvalue weighted by atomic mass is 10.1. The Morgan fingerprint density at radius 2 is 1.81 bits per heavy atom. The Hall–Kier alpha value is -2.18. The molecule has 4 nitrogen and oxygen atoms in total. The highest BCUT2D eigenvalue weighted by molar-refractivity contribution is 6.31. The molecule has 0 aliphatic carbocycles. The van der Waals surface area contributed by atoms with Crippen LogP contribution in [0.3, 0.4) is 0 Å². The molecule has 1 fully saturated rings. The maximum atomic E-state index is 13.9. The highest BCUT2D eigenvalue weighted by Gasteiger charge is 2.29. The molecule has 3 rings (SSSR count). The quantitative estimate of drug-likeness (QED) is 0.879. The van der Waals surface area contributed by atoms with Gasteiger partial charge in [0.25, 0.3) is 5.91 Å². The van der Waals surface area contributed by atoms with Gasteiger partial charge < -0.3 is 10.0 Å². The van der Waals surface area contributed by atoms with Crippen LogP contribution in [0.25, 0.3) is 0 Å². The second-order valence-corrected chi connectivity index (χ2v) is 6.71. The molecular formula is C19H19ClF2N2O2. The van der Waals surface area contributed by atoms with Crippen molar-refractivity contribution < 1.29 is 18.7 Å². The highest BCUT2D eigenvalue weighted by Crippen LogP contribution is 2.29. The number of nitrogens with zero attached hydrogens (tertiary/aromatic N) is 2. The molecular weight excluding hydrogens is 362 g/mol. The zero-order valence-corrected chi connectivity index (χ0v) is 15.0. The van der Waals surface area contributed by atoms with Crippen LogP contribution in [-0.4, -0.2) is 47.0 Å². The number of hydrogen-bond acceptors (Lipinski definition) is 3. The first-order chi connectivity index (χ1) is 12.4. The van der Waals surface area contributed by atoms with Crippen LogP contribution in [0.4, 0.5) is 8.78 Å². The minimum absolute atomic E-state index is 0.0805. The first-order valence-corrected chi connectivity index (χ1v) is 8.72. The first-order valence-electron chi connectivity index (χ1n) is 8.34. The van der Waals surface area contributed by atoms with Crippen molar-refractivity contribution in [3.63, 3.8) is 0 Å². The van der Waals surface area contributed by atoms with Gasteiger partial charge in [0.05, 0.1) is 0 Å². The average Bonchev–Trinajstić information content (AvgIpc) is 2.61. The fraction of sp³-hybridized carbons (Fsp3) is 0.316. The van der Waals surface area contributed by atoms with Gasteiger partial charge in [-0.25, -0.2) is 8.78 Å². The molecule has 1 heterocycles. The Morgan fingerprint density at radius 1 is 1.15 bits per heavy atom. The minimum Gasteiger partial charge on any atom is -0.507 e. The smallest absolute Gasteiger partial charge is 0.260 e. The van der Waals surface area contributed by atoms with Crippen LogP contribution < -0.4 is 0 Å². The standard InChI is InChI=1S/C19H19ClF2N2O2/c1-12(14-4-2-3-5-15(14)20)23-6-8-24(9-7-23)19(26)18-16(22)10-13(21)11-17(18)25/h2-5,10-12,25H,6-9H2,1H3. The molecule has 0 aromatic heterocycles. The number of carbonyl (C=O) groups excluding carboxylic acids is 1. The molecule has 2 aromatic rings. The van der Waals surface area contributed by atoms with Crippen LogP contribution in [0.2, 0.25) is 5.02 Å². The van der Waals surface area contributed by atoms with Gasteiger partial charge in [-0.15, -0.1) is 0 Å². The molecule has 1 atom stereocenters. The Labute approximate surface area is 155 Å². The highest BCUT2D eigenvalue weighted by atomic mass is 35.5. The third-order valence-electron chi connectivity index (χ3n) is 4.75. The molecule has 138 valence electrons. The van der Waals surface area contributed by atoms with Gasteiger partial charge >= 0.3 is 0 Å². The van der Waals surface area contributed by atoms with E-state index in [-0.39, 0.29) is 6.04 Å². The van der Waals surface area contributed by atoms with E-state index in [0.717, 1.165) is 11.6 Å². The van der Waals surface area contributed by atoms with Gasteiger partial charge in [-0.05, 0) is 18.6 Å². The number of aromatic hydroxyl groups is 1. The largest absolute Gasteiger partial charge is 0.507 e. The van der Waals surface area contributed by atoms with Crippen molar-refractivity contribution >= 4 is 17.5 Å². The van der Waals surface area contributed by atoms with Crippen LogP contribution in [0, 0.1) is 11.6 Å². The molecule has 1 unspecified atom stereocenters. The Bertz CT molecular complexity index is 800. The minimum atomic E-state index is -1.06. The molecule has 1 aliphatic rings. The molecule has 0 radical (unpaired) electrons. The van der Waals surface area contributed by atoms with Crippen LogP contribution in [0.5, 0.6) is 5.75 Å². The van der Waals surface area contributed by atoms with E-state index in [9.17, 15) is 18.7 Å². The van der Waals surface area contributed by atoms with Crippen molar-refractivity contribution in [3.05, 3.63) is 64.2 Å². The molecule has 0 bridgehead atoms. The molecule has 1 aliphatic heterocycles. The lowest BCUT2D eigenvalue weighted by Crippen LogP contribution is -2.49. The zero-order valence-electron chi connectivity index (χ0n) is 14.3. The van der Waals surface area contributed by atoms with Crippen molar-refractivity contribution in [1.29, 1.82) is 0 Å². The van der Waals surface area contributed by atoms with Crippen LogP contribution in [-0.2, 0) is 0 Å². The SMILES string of the molecule is CC(c1ccccc1Cl)N1CCN(C(=O)c2c(O)cc(F)cc2F)CC1. The lowest BCUT2D eigenvalue weighted by Gasteiger charge is -2.38. The van der Waals surface area contributed by atoms with Gasteiger partial charge in [0.2, 0.25) is 0 Å². The van der Waals surface area contributed by atoms with Gasteiger partial charge in [0.1, 0.15) is 22.9 Å². The van der Waals surface area contributed by atoms with Crippen LogP contribution in [0.1, 0.15) is 28.9 Å². The van der Waals surface area contributed by atoms with Crippen molar-refractivity contribution in [3.8, 4) is 5.75 Å². The van der Waals surface area contributed by atoms with E-state index >= 15 is 0 Å². The average molecular weight is 381 g/mol. The number of piperazine rings is 1. The predicted octanol–water partition coefficient (Wildman–Crippen LogP) is 3.84. The Kier molecular flexibility index (Phi) is 5.44. The van der Waals surface area contributed by atoms with E-state index < -0.39 is 28.9 Å². The van der Waals surface area contributed by atoms with Crippen molar-refractivity contribution in [2.24, 2.45) is 0 Å². The number of benzene rings is 2. The molecule has 0 saturated carbocycles. The summed E-state index contributed by atoms with van der Waals surface area (Å²) in [6, 6.07) is 9.03. The topological polar surface area (TPSA) is 43.8 Å². The summed E-state index contributed by atoms with van der Waals surface area (Å²) in [6.07, 6.45) is 0. The van der Waals surface area contributed by atoms with Gasteiger partial charge in [-0.1, -0.05) is 29.8 Å². The summed E-state index contributed by atoms with van der Waals surface area (Å²) in [4.78, 5) is 16.2. The molecule has 26 heavy (non-hydrogen) atoms. The second-order valence-electron chi connectivity index (χ2n) is 6.31. The normalized spacial score (nSPS) is 16.5. The maximum Gasteiger partial charge on any atom is 0.260 e. The van der Waals surface area contributed by atoms with Crippen molar-refractivity contribution in [1.82, 2.24) is 9.80 Å². The summed E-state index contributed by atoms with van der Waals surface area (Å²) in [5.74, 6) is -3.29. The fourth-order valence-corrected chi connectivity index (χ4v) is 3.55. The van der Waals surface area contributed by atoms with E-state index in [2.05, 4.69) is 4.90 Å². The first kappa shape index (κ1) is 18.6. The molecule has 1 saturated heterocycles. The van der Waals surface area contributed by atoms with E-state index in [0.29, 0.717) is 37.3 Å². The lowest BCUT2D eigenvalue weighted by molar-refractivity contribution is 0.0575. The number of hydrogen-bond donors (Lipinski definition) is 1. The third-order valence-corrected chi connectivity index (χ3v) is 5.10. The number of rotatable bonds is 3. The molecule has 1 N–H and O–H groups in total.